The van der Waals surface area contributed by atoms with Crippen molar-refractivity contribution in [3.63, 3.8) is 0 Å². The van der Waals surface area contributed by atoms with Crippen LogP contribution in [0.1, 0.15) is 42.3 Å². The van der Waals surface area contributed by atoms with Crippen molar-refractivity contribution in [2.75, 3.05) is 11.5 Å². The summed E-state index contributed by atoms with van der Waals surface area (Å²) in [6.07, 6.45) is 0. The molecule has 9 heteroatoms. The summed E-state index contributed by atoms with van der Waals surface area (Å²) in [5, 5.41) is 1.77. The summed E-state index contributed by atoms with van der Waals surface area (Å²) in [4.78, 5) is 51.9. The third-order valence-corrected chi connectivity index (χ3v) is 10.3. The molecule has 0 unspecified atom stereocenters. The van der Waals surface area contributed by atoms with Crippen molar-refractivity contribution in [3.05, 3.63) is 123 Å². The van der Waals surface area contributed by atoms with Gasteiger partial charge in [-0.15, -0.1) is 34.5 Å². The molecule has 1 aliphatic heterocycles. The minimum absolute atomic E-state index is 0.182. The highest BCUT2D eigenvalue weighted by atomic mass is 35.5. The molecule has 1 fully saturated rings. The predicted octanol–water partition coefficient (Wildman–Crippen LogP) is 5.89. The maximum absolute atomic E-state index is 14.1. The van der Waals surface area contributed by atoms with Gasteiger partial charge in [-0.05, 0) is 58.0 Å². The monoisotopic (exact) mass is 587 g/mol. The van der Waals surface area contributed by atoms with Crippen LogP contribution >= 0.6 is 34.5 Å². The van der Waals surface area contributed by atoms with Gasteiger partial charge >= 0.3 is 5.97 Å². The number of imide groups is 1. The van der Waals surface area contributed by atoms with Gasteiger partial charge in [-0.3, -0.25) is 14.4 Å². The molecule has 1 aromatic heterocycles. The van der Waals surface area contributed by atoms with E-state index in [1.165, 1.54) is 35.6 Å². The lowest BCUT2D eigenvalue weighted by molar-refractivity contribution is -0.122. The Hall–Kier alpha value is -3.78. The largest absolute Gasteiger partial charge is 0.454 e. The number of benzene rings is 3. The summed E-state index contributed by atoms with van der Waals surface area (Å²) in [6.45, 7) is -0.385. The lowest BCUT2D eigenvalue weighted by atomic mass is 9.54. The van der Waals surface area contributed by atoms with Crippen LogP contribution in [0.15, 0.2) is 90.3 Å². The highest BCUT2D eigenvalue weighted by Crippen LogP contribution is 2.69. The molecule has 0 N–H and O–H groups in total. The number of esters is 1. The quantitative estimate of drug-likeness (QED) is 0.126. The van der Waals surface area contributed by atoms with Gasteiger partial charge in [0.15, 0.2) is 6.61 Å². The number of halogens is 2. The third-order valence-electron chi connectivity index (χ3n) is 8.08. The maximum atomic E-state index is 14.1. The van der Waals surface area contributed by atoms with E-state index in [4.69, 9.17) is 27.9 Å². The molecule has 0 radical (unpaired) electrons. The highest BCUT2D eigenvalue weighted by Gasteiger charge is 2.73. The minimum atomic E-state index is -1.27. The number of carbonyl (C=O) groups excluding carboxylic acids is 4. The zero-order chi connectivity index (χ0) is 27.8. The molecule has 4 aliphatic rings. The lowest BCUT2D eigenvalue weighted by Gasteiger charge is -2.54. The molecule has 0 spiro atoms. The first-order valence-electron chi connectivity index (χ1n) is 12.6. The number of anilines is 1. The van der Waals surface area contributed by atoms with Crippen LogP contribution in [-0.4, -0.2) is 30.2 Å². The number of amides is 2. The summed E-state index contributed by atoms with van der Waals surface area (Å²) >= 11 is 16.2. The molecule has 1 saturated heterocycles. The van der Waals surface area contributed by atoms with Crippen LogP contribution in [0.3, 0.4) is 0 Å². The Morgan fingerprint density at radius 1 is 0.750 bits per heavy atom. The van der Waals surface area contributed by atoms with E-state index in [0.29, 0.717) is 10.6 Å². The first kappa shape index (κ1) is 25.2. The van der Waals surface area contributed by atoms with Crippen molar-refractivity contribution in [1.29, 1.82) is 0 Å². The highest BCUT2D eigenvalue weighted by molar-refractivity contribution is 7.12. The van der Waals surface area contributed by atoms with Crippen molar-refractivity contribution >= 4 is 63.8 Å². The van der Waals surface area contributed by atoms with Crippen LogP contribution < -0.4 is 4.90 Å². The number of Topliss-reactive ketones (excluding diaryl/α,β-unsaturated/α-hetero) is 1. The Morgan fingerprint density at radius 2 is 1.25 bits per heavy atom. The number of rotatable bonds is 5. The predicted molar refractivity (Wildman–Crippen MR) is 151 cm³/mol. The van der Waals surface area contributed by atoms with Crippen molar-refractivity contribution in [2.24, 2.45) is 11.8 Å². The molecule has 198 valence electrons. The van der Waals surface area contributed by atoms with Crippen LogP contribution in [0.2, 0.25) is 0 Å². The van der Waals surface area contributed by atoms with Crippen molar-refractivity contribution < 1.29 is 23.9 Å². The van der Waals surface area contributed by atoms with E-state index in [-0.39, 0.29) is 18.0 Å². The van der Waals surface area contributed by atoms with Crippen LogP contribution in [0.4, 0.5) is 5.69 Å². The Balaban J connectivity index is 1.22. The fraction of sp³-hybridized carbons (Fsp3) is 0.161. The number of hydrogen-bond acceptors (Lipinski definition) is 6. The summed E-state index contributed by atoms with van der Waals surface area (Å²) in [5.41, 5.74) is 3.38. The smallest absolute Gasteiger partial charge is 0.338 e. The van der Waals surface area contributed by atoms with Gasteiger partial charge in [0.05, 0.1) is 28.0 Å². The molecule has 3 aromatic carbocycles. The number of alkyl halides is 2. The van der Waals surface area contributed by atoms with E-state index in [1.54, 1.807) is 17.5 Å². The van der Waals surface area contributed by atoms with Gasteiger partial charge < -0.3 is 4.74 Å². The van der Waals surface area contributed by atoms with Crippen LogP contribution in [-0.2, 0) is 24.1 Å². The van der Waals surface area contributed by atoms with E-state index in [1.807, 2.05) is 48.5 Å². The molecule has 40 heavy (non-hydrogen) atoms. The Labute approximate surface area is 243 Å². The van der Waals surface area contributed by atoms with E-state index in [9.17, 15) is 19.2 Å². The Bertz CT molecular complexity index is 1610. The van der Waals surface area contributed by atoms with E-state index in [2.05, 4.69) is 0 Å². The number of ketones is 1. The average Bonchev–Trinajstić information content (AvgIpc) is 3.61. The van der Waals surface area contributed by atoms with Gasteiger partial charge in [-0.1, -0.05) is 54.6 Å². The number of carbonyl (C=O) groups is 4. The normalized spacial score (nSPS) is 25.8. The van der Waals surface area contributed by atoms with Gasteiger partial charge in [-0.25, -0.2) is 9.69 Å². The van der Waals surface area contributed by atoms with Gasteiger partial charge in [0.1, 0.15) is 9.75 Å². The summed E-state index contributed by atoms with van der Waals surface area (Å²) in [7, 11) is 0. The van der Waals surface area contributed by atoms with Gasteiger partial charge in [-0.2, -0.15) is 0 Å². The molecule has 8 rings (SSSR count). The maximum Gasteiger partial charge on any atom is 0.338 e. The molecule has 0 saturated carbocycles. The molecule has 4 aromatic rings. The third kappa shape index (κ3) is 3.22. The molecule has 2 amide bonds. The number of thiophene rings is 1. The van der Waals surface area contributed by atoms with Gasteiger partial charge in [0, 0.05) is 0 Å². The van der Waals surface area contributed by atoms with Crippen molar-refractivity contribution in [2.45, 2.75) is 9.75 Å². The number of hydrogen-bond donors (Lipinski definition) is 0. The Kier molecular flexibility index (Phi) is 5.58. The van der Waals surface area contributed by atoms with Crippen LogP contribution in [0.5, 0.6) is 0 Å². The second-order valence-electron chi connectivity index (χ2n) is 10.0. The minimum Gasteiger partial charge on any atom is -0.454 e. The fourth-order valence-corrected chi connectivity index (χ4v) is 8.14. The summed E-state index contributed by atoms with van der Waals surface area (Å²) in [5.74, 6) is -3.72. The van der Waals surface area contributed by atoms with Gasteiger partial charge in [0.2, 0.25) is 17.6 Å². The van der Waals surface area contributed by atoms with Gasteiger partial charge in [0.25, 0.3) is 0 Å². The summed E-state index contributed by atoms with van der Waals surface area (Å²) < 4.78 is 5.17. The van der Waals surface area contributed by atoms with E-state index < -0.39 is 39.4 Å². The first-order valence-corrected chi connectivity index (χ1v) is 14.2. The SMILES string of the molecule is O=C(OCC(=O)c1cccs1)c1ccc(N2C(=O)[C@H]3[C@H](C2=O)C2(Cl)c4ccccc4C3(Cl)c3ccccc32)cc1. The average molecular weight is 588 g/mol. The molecule has 2 bridgehead atoms. The standard InChI is InChI=1S/C31H19Cl2NO5S/c32-30-19-6-1-2-7-20(19)31(33,22-9-4-3-8-21(22)30)26-25(30)27(36)34(28(26)37)18-13-11-17(12-14-18)29(38)39-16-23(35)24-10-5-15-40-24/h1-15,25-26H,16H2/t25-,26-,30?,31?/m1/s1. The number of ether oxygens (including phenoxy) is 1. The summed E-state index contributed by atoms with van der Waals surface area (Å²) in [6, 6.07) is 24.2. The topological polar surface area (TPSA) is 80.8 Å². The molecule has 2 atom stereocenters. The van der Waals surface area contributed by atoms with E-state index in [0.717, 1.165) is 27.2 Å². The molecular weight excluding hydrogens is 569 g/mol. The molecular formula is C31H19Cl2NO5S. The van der Waals surface area contributed by atoms with E-state index >= 15 is 0 Å². The zero-order valence-corrected chi connectivity index (χ0v) is 23.0. The first-order chi connectivity index (χ1) is 19.3. The lowest BCUT2D eigenvalue weighted by Crippen LogP contribution is -2.57. The molecule has 3 aliphatic carbocycles. The second kappa shape index (κ2) is 8.86. The van der Waals surface area contributed by atoms with Crippen molar-refractivity contribution in [1.82, 2.24) is 0 Å². The second-order valence-corrected chi connectivity index (χ2v) is 12.1. The zero-order valence-electron chi connectivity index (χ0n) is 20.7. The fourth-order valence-electron chi connectivity index (χ4n) is 6.39. The number of nitrogens with zero attached hydrogens (tertiary/aromatic N) is 1. The molecule has 2 heterocycles. The van der Waals surface area contributed by atoms with Crippen LogP contribution in [0, 0.1) is 11.8 Å². The van der Waals surface area contributed by atoms with Crippen molar-refractivity contribution in [3.8, 4) is 0 Å². The van der Waals surface area contributed by atoms with Crippen LogP contribution in [0.25, 0.3) is 0 Å². The Morgan fingerprint density at radius 3 is 1.70 bits per heavy atom. The molecule has 6 nitrogen and oxygen atoms in total.